The molecule has 3 aromatic rings. The van der Waals surface area contributed by atoms with Crippen molar-refractivity contribution in [3.63, 3.8) is 0 Å². The highest BCUT2D eigenvalue weighted by atomic mass is 16.1. The van der Waals surface area contributed by atoms with Gasteiger partial charge in [-0.2, -0.15) is 5.26 Å². The van der Waals surface area contributed by atoms with E-state index >= 15 is 0 Å². The van der Waals surface area contributed by atoms with Crippen LogP contribution in [0.5, 0.6) is 0 Å². The second kappa shape index (κ2) is 6.97. The first-order chi connectivity index (χ1) is 12.0. The van der Waals surface area contributed by atoms with Gasteiger partial charge in [0.25, 0.3) is 5.91 Å². The van der Waals surface area contributed by atoms with E-state index in [1.165, 1.54) is 0 Å². The minimum atomic E-state index is -0.100. The number of aromatic nitrogens is 2. The van der Waals surface area contributed by atoms with Crippen LogP contribution in [-0.4, -0.2) is 21.9 Å². The van der Waals surface area contributed by atoms with Crippen LogP contribution in [0.1, 0.15) is 29.8 Å². The monoisotopic (exact) mass is 331 g/mol. The van der Waals surface area contributed by atoms with Gasteiger partial charge < -0.3 is 10.6 Å². The lowest BCUT2D eigenvalue weighted by Gasteiger charge is -2.09. The number of rotatable bonds is 4. The fourth-order valence-electron chi connectivity index (χ4n) is 2.34. The maximum Gasteiger partial charge on any atom is 0.251 e. The number of anilines is 2. The van der Waals surface area contributed by atoms with E-state index in [1.807, 2.05) is 26.0 Å². The first-order valence-corrected chi connectivity index (χ1v) is 7.90. The molecule has 0 atom stereocenters. The van der Waals surface area contributed by atoms with Crippen molar-refractivity contribution >= 4 is 28.4 Å². The molecular formula is C19H17N5O. The van der Waals surface area contributed by atoms with E-state index in [1.54, 1.807) is 36.5 Å². The van der Waals surface area contributed by atoms with Crippen molar-refractivity contribution in [2.75, 3.05) is 5.32 Å². The van der Waals surface area contributed by atoms with Gasteiger partial charge in [-0.25, -0.2) is 9.97 Å². The number of benzene rings is 2. The van der Waals surface area contributed by atoms with E-state index in [9.17, 15) is 4.79 Å². The number of nitriles is 1. The molecule has 3 rings (SSSR count). The van der Waals surface area contributed by atoms with Crippen LogP contribution in [0.3, 0.4) is 0 Å². The number of nitrogens with zero attached hydrogens (tertiary/aromatic N) is 3. The summed E-state index contributed by atoms with van der Waals surface area (Å²) in [5, 5.41) is 15.7. The topological polar surface area (TPSA) is 90.7 Å². The zero-order valence-electron chi connectivity index (χ0n) is 13.9. The van der Waals surface area contributed by atoms with E-state index in [0.717, 1.165) is 16.6 Å². The smallest absolute Gasteiger partial charge is 0.251 e. The van der Waals surface area contributed by atoms with Crippen LogP contribution in [0, 0.1) is 11.3 Å². The van der Waals surface area contributed by atoms with Crippen molar-refractivity contribution in [1.29, 1.82) is 5.26 Å². The van der Waals surface area contributed by atoms with Gasteiger partial charge in [-0.3, -0.25) is 4.79 Å². The molecule has 2 aromatic carbocycles. The Labute approximate surface area is 145 Å². The Morgan fingerprint density at radius 3 is 2.60 bits per heavy atom. The van der Waals surface area contributed by atoms with Crippen molar-refractivity contribution < 1.29 is 4.79 Å². The molecule has 0 saturated heterocycles. The van der Waals surface area contributed by atoms with Crippen LogP contribution in [0.4, 0.5) is 11.6 Å². The van der Waals surface area contributed by atoms with Gasteiger partial charge in [0.05, 0.1) is 17.1 Å². The van der Waals surface area contributed by atoms with Crippen molar-refractivity contribution in [2.45, 2.75) is 19.9 Å². The van der Waals surface area contributed by atoms with Gasteiger partial charge in [0.2, 0.25) is 5.95 Å². The summed E-state index contributed by atoms with van der Waals surface area (Å²) >= 11 is 0. The van der Waals surface area contributed by atoms with E-state index < -0.39 is 0 Å². The van der Waals surface area contributed by atoms with Gasteiger partial charge in [-0.1, -0.05) is 0 Å². The predicted octanol–water partition coefficient (Wildman–Crippen LogP) is 3.38. The molecule has 6 nitrogen and oxygen atoms in total. The number of hydrogen-bond donors (Lipinski definition) is 2. The Balaban J connectivity index is 1.77. The summed E-state index contributed by atoms with van der Waals surface area (Å²) < 4.78 is 0. The summed E-state index contributed by atoms with van der Waals surface area (Å²) in [4.78, 5) is 20.6. The summed E-state index contributed by atoms with van der Waals surface area (Å²) in [6, 6.07) is 14.6. The van der Waals surface area contributed by atoms with Crippen molar-refractivity contribution in [2.24, 2.45) is 0 Å². The van der Waals surface area contributed by atoms with E-state index in [2.05, 4.69) is 26.7 Å². The van der Waals surface area contributed by atoms with Crippen LogP contribution in [0.2, 0.25) is 0 Å². The Kier molecular flexibility index (Phi) is 4.57. The molecule has 0 bridgehead atoms. The maximum absolute atomic E-state index is 11.9. The summed E-state index contributed by atoms with van der Waals surface area (Å²) in [5.41, 5.74) is 2.72. The standard InChI is InChI=1S/C19H17N5O/c1-12(2)22-18(25)14-4-6-16(7-5-14)23-19-21-11-15-9-13(10-20)3-8-17(15)24-19/h3-9,11-12H,1-2H3,(H,22,25)(H,21,23,24). The zero-order chi connectivity index (χ0) is 17.8. The molecule has 0 saturated carbocycles. The highest BCUT2D eigenvalue weighted by Crippen LogP contribution is 2.18. The molecule has 1 heterocycles. The first-order valence-electron chi connectivity index (χ1n) is 7.90. The van der Waals surface area contributed by atoms with Gasteiger partial charge in [0.1, 0.15) is 0 Å². The van der Waals surface area contributed by atoms with E-state index in [-0.39, 0.29) is 11.9 Å². The van der Waals surface area contributed by atoms with Crippen LogP contribution in [0.15, 0.2) is 48.7 Å². The summed E-state index contributed by atoms with van der Waals surface area (Å²) in [5.74, 6) is 0.355. The minimum Gasteiger partial charge on any atom is -0.350 e. The van der Waals surface area contributed by atoms with Gasteiger partial charge in [-0.15, -0.1) is 0 Å². The number of hydrogen-bond acceptors (Lipinski definition) is 5. The van der Waals surface area contributed by atoms with Crippen LogP contribution in [0.25, 0.3) is 10.9 Å². The third-order valence-electron chi connectivity index (χ3n) is 3.53. The molecule has 6 heteroatoms. The van der Waals surface area contributed by atoms with Crippen molar-refractivity contribution in [3.8, 4) is 6.07 Å². The fourth-order valence-corrected chi connectivity index (χ4v) is 2.34. The van der Waals surface area contributed by atoms with Gasteiger partial charge >= 0.3 is 0 Å². The van der Waals surface area contributed by atoms with Crippen molar-refractivity contribution in [3.05, 3.63) is 59.8 Å². The molecule has 0 unspecified atom stereocenters. The van der Waals surface area contributed by atoms with Gasteiger partial charge in [-0.05, 0) is 56.3 Å². The molecule has 0 aliphatic carbocycles. The maximum atomic E-state index is 11.9. The van der Waals surface area contributed by atoms with Crippen LogP contribution >= 0.6 is 0 Å². The summed E-state index contributed by atoms with van der Waals surface area (Å²) in [7, 11) is 0. The SMILES string of the molecule is CC(C)NC(=O)c1ccc(Nc2ncc3cc(C#N)ccc3n2)cc1. The molecule has 0 fully saturated rings. The average molecular weight is 331 g/mol. The largest absolute Gasteiger partial charge is 0.350 e. The lowest BCUT2D eigenvalue weighted by molar-refractivity contribution is 0.0943. The van der Waals surface area contributed by atoms with Crippen LogP contribution in [-0.2, 0) is 0 Å². The highest BCUT2D eigenvalue weighted by molar-refractivity contribution is 5.94. The van der Waals surface area contributed by atoms with E-state index in [0.29, 0.717) is 17.1 Å². The quantitative estimate of drug-likeness (QED) is 0.765. The molecule has 0 aliphatic heterocycles. The van der Waals surface area contributed by atoms with Crippen molar-refractivity contribution in [1.82, 2.24) is 15.3 Å². The van der Waals surface area contributed by atoms with E-state index in [4.69, 9.17) is 5.26 Å². The fraction of sp³-hybridized carbons (Fsp3) is 0.158. The third-order valence-corrected chi connectivity index (χ3v) is 3.53. The number of fused-ring (bicyclic) bond motifs is 1. The summed E-state index contributed by atoms with van der Waals surface area (Å²) in [6.07, 6.45) is 1.68. The Bertz CT molecular complexity index is 958. The molecule has 0 spiro atoms. The molecule has 25 heavy (non-hydrogen) atoms. The normalized spacial score (nSPS) is 10.5. The Hall–Kier alpha value is -3.46. The lowest BCUT2D eigenvalue weighted by atomic mass is 10.1. The Morgan fingerprint density at radius 2 is 1.92 bits per heavy atom. The molecule has 1 aromatic heterocycles. The first kappa shape index (κ1) is 16.4. The number of carbonyl (C=O) groups is 1. The molecule has 2 N–H and O–H groups in total. The minimum absolute atomic E-state index is 0.0952. The Morgan fingerprint density at radius 1 is 1.16 bits per heavy atom. The predicted molar refractivity (Wildman–Crippen MR) is 96.6 cm³/mol. The molecular weight excluding hydrogens is 314 g/mol. The van der Waals surface area contributed by atoms with Gasteiger partial charge in [0.15, 0.2) is 0 Å². The summed E-state index contributed by atoms with van der Waals surface area (Å²) in [6.45, 7) is 3.84. The molecule has 0 radical (unpaired) electrons. The molecule has 1 amide bonds. The number of carbonyl (C=O) groups excluding carboxylic acids is 1. The average Bonchev–Trinajstić information content (AvgIpc) is 2.61. The second-order valence-electron chi connectivity index (χ2n) is 5.91. The second-order valence-corrected chi connectivity index (χ2v) is 5.91. The highest BCUT2D eigenvalue weighted by Gasteiger charge is 2.07. The molecule has 124 valence electrons. The number of amides is 1. The van der Waals surface area contributed by atoms with Crippen LogP contribution < -0.4 is 10.6 Å². The third kappa shape index (κ3) is 3.90. The lowest BCUT2D eigenvalue weighted by Crippen LogP contribution is -2.29. The van der Waals surface area contributed by atoms with Gasteiger partial charge in [0, 0.05) is 28.9 Å². The number of nitrogens with one attached hydrogen (secondary N) is 2. The zero-order valence-corrected chi connectivity index (χ0v) is 13.9. The molecule has 0 aliphatic rings.